The van der Waals surface area contributed by atoms with Crippen LogP contribution in [0.1, 0.15) is 19.3 Å². The lowest BCUT2D eigenvalue weighted by atomic mass is 9.88. The Morgan fingerprint density at radius 3 is 2.30 bits per heavy atom. The molecule has 0 aliphatic heterocycles. The summed E-state index contributed by atoms with van der Waals surface area (Å²) < 4.78 is 25.3. The molecule has 1 rings (SSSR count). The van der Waals surface area contributed by atoms with Crippen LogP contribution in [-0.2, 0) is 0 Å². The van der Waals surface area contributed by atoms with Gasteiger partial charge in [0.1, 0.15) is 0 Å². The van der Waals surface area contributed by atoms with Crippen LogP contribution in [0, 0.1) is 0 Å². The van der Waals surface area contributed by atoms with Gasteiger partial charge in [-0.05, 0) is 12.8 Å². The molecule has 4 N–H and O–H groups in total. The molecular weight excluding hydrogens is 138 g/mol. The van der Waals surface area contributed by atoms with E-state index in [0.717, 1.165) is 0 Å². The van der Waals surface area contributed by atoms with Crippen LogP contribution in [0.5, 0.6) is 0 Å². The van der Waals surface area contributed by atoms with Gasteiger partial charge in [0.05, 0.1) is 6.04 Å². The molecule has 0 bridgehead atoms. The van der Waals surface area contributed by atoms with Gasteiger partial charge < -0.3 is 11.5 Å². The second-order valence-corrected chi connectivity index (χ2v) is 2.84. The van der Waals surface area contributed by atoms with Crippen molar-refractivity contribution in [3.63, 3.8) is 0 Å². The molecule has 0 heterocycles. The second-order valence-electron chi connectivity index (χ2n) is 2.84. The fraction of sp³-hybridized carbons (Fsp3) is 1.00. The summed E-state index contributed by atoms with van der Waals surface area (Å²) in [7, 11) is 0. The fourth-order valence-corrected chi connectivity index (χ4v) is 1.23. The van der Waals surface area contributed by atoms with Crippen molar-refractivity contribution in [2.75, 3.05) is 0 Å². The van der Waals surface area contributed by atoms with E-state index in [2.05, 4.69) is 0 Å². The molecule has 0 radical (unpaired) electrons. The van der Waals surface area contributed by atoms with Crippen molar-refractivity contribution in [1.82, 2.24) is 0 Å². The molecule has 1 aliphatic rings. The van der Waals surface area contributed by atoms with E-state index in [0.29, 0.717) is 12.8 Å². The van der Waals surface area contributed by atoms with Crippen LogP contribution >= 0.6 is 0 Å². The molecule has 1 fully saturated rings. The van der Waals surface area contributed by atoms with Crippen LogP contribution in [0.2, 0.25) is 0 Å². The van der Waals surface area contributed by atoms with Gasteiger partial charge in [-0.3, -0.25) is 0 Å². The van der Waals surface area contributed by atoms with Gasteiger partial charge in [0, 0.05) is 12.5 Å². The minimum atomic E-state index is -2.74. The Morgan fingerprint density at radius 1 is 1.30 bits per heavy atom. The standard InChI is InChI=1S/C6H12F2N2/c7-6(8)3-1-2-4(9)5(6)10/h4-5H,1-3,9-10H2/t4-,5-/m1/s1. The average Bonchev–Trinajstić information content (AvgIpc) is 1.83. The highest BCUT2D eigenvalue weighted by Gasteiger charge is 2.43. The molecule has 1 saturated carbocycles. The molecule has 2 atom stereocenters. The van der Waals surface area contributed by atoms with Crippen molar-refractivity contribution < 1.29 is 8.78 Å². The predicted molar refractivity (Wildman–Crippen MR) is 34.7 cm³/mol. The maximum Gasteiger partial charge on any atom is 0.264 e. The molecule has 0 unspecified atom stereocenters. The third-order valence-electron chi connectivity index (χ3n) is 2.00. The molecule has 0 aromatic rings. The van der Waals surface area contributed by atoms with Crippen LogP contribution in [0.25, 0.3) is 0 Å². The zero-order valence-corrected chi connectivity index (χ0v) is 5.69. The molecule has 2 nitrogen and oxygen atoms in total. The third-order valence-corrected chi connectivity index (χ3v) is 2.00. The van der Waals surface area contributed by atoms with Gasteiger partial charge in [0.25, 0.3) is 5.92 Å². The van der Waals surface area contributed by atoms with Crippen LogP contribution in [0.4, 0.5) is 8.78 Å². The molecule has 0 aromatic carbocycles. The van der Waals surface area contributed by atoms with Gasteiger partial charge in [-0.1, -0.05) is 0 Å². The molecule has 4 heteroatoms. The van der Waals surface area contributed by atoms with E-state index in [4.69, 9.17) is 11.5 Å². The Kier molecular flexibility index (Phi) is 1.92. The zero-order valence-electron chi connectivity index (χ0n) is 5.69. The van der Waals surface area contributed by atoms with Gasteiger partial charge >= 0.3 is 0 Å². The number of hydrogen-bond donors (Lipinski definition) is 2. The van der Waals surface area contributed by atoms with Crippen molar-refractivity contribution >= 4 is 0 Å². The Bertz CT molecular complexity index is 127. The highest BCUT2D eigenvalue weighted by Crippen LogP contribution is 2.31. The summed E-state index contributed by atoms with van der Waals surface area (Å²) in [6.07, 6.45) is 1.00. The monoisotopic (exact) mass is 150 g/mol. The molecule has 0 spiro atoms. The van der Waals surface area contributed by atoms with Gasteiger partial charge in [0.2, 0.25) is 0 Å². The lowest BCUT2D eigenvalue weighted by Crippen LogP contribution is -2.55. The van der Waals surface area contributed by atoms with Gasteiger partial charge in [-0.25, -0.2) is 8.78 Å². The van der Waals surface area contributed by atoms with Crippen LogP contribution in [-0.4, -0.2) is 18.0 Å². The second kappa shape index (κ2) is 2.43. The summed E-state index contributed by atoms with van der Waals surface area (Å²) in [6.45, 7) is 0. The van der Waals surface area contributed by atoms with E-state index >= 15 is 0 Å². The number of rotatable bonds is 0. The summed E-state index contributed by atoms with van der Waals surface area (Å²) >= 11 is 0. The van der Waals surface area contributed by atoms with Crippen LogP contribution in [0.15, 0.2) is 0 Å². The first-order chi connectivity index (χ1) is 4.54. The number of halogens is 2. The maximum atomic E-state index is 12.6. The van der Waals surface area contributed by atoms with Crippen molar-refractivity contribution in [1.29, 1.82) is 0 Å². The summed E-state index contributed by atoms with van der Waals surface area (Å²) in [5, 5.41) is 0. The topological polar surface area (TPSA) is 52.0 Å². The van der Waals surface area contributed by atoms with E-state index in [-0.39, 0.29) is 6.42 Å². The molecular formula is C6H12F2N2. The minimum Gasteiger partial charge on any atom is -0.326 e. The summed E-state index contributed by atoms with van der Waals surface area (Å²) in [5.41, 5.74) is 10.5. The van der Waals surface area contributed by atoms with E-state index in [1.165, 1.54) is 0 Å². The number of hydrogen-bond acceptors (Lipinski definition) is 2. The largest absolute Gasteiger partial charge is 0.326 e. The van der Waals surface area contributed by atoms with E-state index in [1.54, 1.807) is 0 Å². The van der Waals surface area contributed by atoms with Crippen molar-refractivity contribution in [2.45, 2.75) is 37.3 Å². The normalized spacial score (nSPS) is 39.6. The van der Waals surface area contributed by atoms with Gasteiger partial charge in [0.15, 0.2) is 0 Å². The Hall–Kier alpha value is -0.220. The summed E-state index contributed by atoms with van der Waals surface area (Å²) in [4.78, 5) is 0. The van der Waals surface area contributed by atoms with Gasteiger partial charge in [-0.15, -0.1) is 0 Å². The molecule has 0 amide bonds. The molecule has 0 saturated heterocycles. The third kappa shape index (κ3) is 1.27. The first kappa shape index (κ1) is 7.88. The van der Waals surface area contributed by atoms with E-state index in [1.807, 2.05) is 0 Å². The van der Waals surface area contributed by atoms with E-state index < -0.39 is 18.0 Å². The quantitative estimate of drug-likeness (QED) is 0.527. The van der Waals surface area contributed by atoms with Crippen molar-refractivity contribution in [3.05, 3.63) is 0 Å². The highest BCUT2D eigenvalue weighted by atomic mass is 19.3. The van der Waals surface area contributed by atoms with Crippen LogP contribution in [0.3, 0.4) is 0 Å². The van der Waals surface area contributed by atoms with Gasteiger partial charge in [-0.2, -0.15) is 0 Å². The lowest BCUT2D eigenvalue weighted by molar-refractivity contribution is -0.0578. The minimum absolute atomic E-state index is 0.109. The average molecular weight is 150 g/mol. The van der Waals surface area contributed by atoms with Crippen LogP contribution < -0.4 is 11.5 Å². The number of nitrogens with two attached hydrogens (primary N) is 2. The first-order valence-electron chi connectivity index (χ1n) is 3.43. The highest BCUT2D eigenvalue weighted by molar-refractivity contribution is 4.92. The predicted octanol–water partition coefficient (Wildman–Crippen LogP) is 0.460. The first-order valence-corrected chi connectivity index (χ1v) is 3.43. The molecule has 0 aromatic heterocycles. The summed E-state index contributed by atoms with van der Waals surface area (Å²) in [5.74, 6) is -2.74. The Morgan fingerprint density at radius 2 is 1.90 bits per heavy atom. The van der Waals surface area contributed by atoms with E-state index in [9.17, 15) is 8.78 Å². The van der Waals surface area contributed by atoms with Crippen molar-refractivity contribution in [2.24, 2.45) is 11.5 Å². The SMILES string of the molecule is N[C@@H]1CCCC(F)(F)[C@@H]1N. The Labute approximate surface area is 58.6 Å². The lowest BCUT2D eigenvalue weighted by Gasteiger charge is -2.32. The molecule has 60 valence electrons. The zero-order chi connectivity index (χ0) is 7.78. The smallest absolute Gasteiger partial charge is 0.264 e. The number of alkyl halides is 2. The van der Waals surface area contributed by atoms with Crippen molar-refractivity contribution in [3.8, 4) is 0 Å². The maximum absolute atomic E-state index is 12.6. The molecule has 1 aliphatic carbocycles. The molecule has 10 heavy (non-hydrogen) atoms. The Balaban J connectivity index is 2.60. The fourth-order valence-electron chi connectivity index (χ4n) is 1.23. The summed E-state index contributed by atoms with van der Waals surface area (Å²) in [6, 6.07) is -1.66.